The van der Waals surface area contributed by atoms with E-state index < -0.39 is 0 Å². The molecule has 3 aromatic rings. The predicted molar refractivity (Wildman–Crippen MR) is 93.4 cm³/mol. The lowest BCUT2D eigenvalue weighted by Crippen LogP contribution is -2.14. The topological polar surface area (TPSA) is 53.9 Å². The van der Waals surface area contributed by atoms with E-state index in [-0.39, 0.29) is 0 Å². The summed E-state index contributed by atoms with van der Waals surface area (Å²) >= 11 is 0. The van der Waals surface area contributed by atoms with Crippen LogP contribution in [0.3, 0.4) is 0 Å². The SMILES string of the molecule is CCc1ccc(Nc2cnnc(N(C)c3ccccc3)n2)cc1. The van der Waals surface area contributed by atoms with Gasteiger partial charge in [0.1, 0.15) is 0 Å². The number of para-hydroxylation sites is 1. The summed E-state index contributed by atoms with van der Waals surface area (Å²) in [4.78, 5) is 6.43. The summed E-state index contributed by atoms with van der Waals surface area (Å²) in [5.41, 5.74) is 3.30. The Morgan fingerprint density at radius 3 is 2.43 bits per heavy atom. The van der Waals surface area contributed by atoms with Crippen molar-refractivity contribution in [2.75, 3.05) is 17.3 Å². The van der Waals surface area contributed by atoms with Crippen molar-refractivity contribution in [2.45, 2.75) is 13.3 Å². The lowest BCUT2D eigenvalue weighted by Gasteiger charge is -2.17. The third kappa shape index (κ3) is 3.63. The molecule has 3 rings (SSSR count). The fraction of sp³-hybridized carbons (Fsp3) is 0.167. The maximum atomic E-state index is 4.53. The first-order valence-electron chi connectivity index (χ1n) is 7.60. The zero-order valence-electron chi connectivity index (χ0n) is 13.3. The van der Waals surface area contributed by atoms with Crippen LogP contribution in [0.2, 0.25) is 0 Å². The highest BCUT2D eigenvalue weighted by molar-refractivity contribution is 5.60. The van der Waals surface area contributed by atoms with Gasteiger partial charge in [0.05, 0.1) is 6.20 Å². The molecule has 0 aliphatic heterocycles. The molecular weight excluding hydrogens is 286 g/mol. The van der Waals surface area contributed by atoms with E-state index in [1.807, 2.05) is 54.4 Å². The number of rotatable bonds is 5. The van der Waals surface area contributed by atoms with E-state index in [1.165, 1.54) is 5.56 Å². The fourth-order valence-corrected chi connectivity index (χ4v) is 2.24. The third-order valence-electron chi connectivity index (χ3n) is 3.63. The van der Waals surface area contributed by atoms with Gasteiger partial charge in [0.25, 0.3) is 5.95 Å². The first-order chi connectivity index (χ1) is 11.3. The Kier molecular flexibility index (Phi) is 4.47. The molecule has 5 heteroatoms. The van der Waals surface area contributed by atoms with Crippen LogP contribution in [-0.2, 0) is 6.42 Å². The van der Waals surface area contributed by atoms with Crippen LogP contribution in [0.5, 0.6) is 0 Å². The Hall–Kier alpha value is -2.95. The molecule has 0 aliphatic carbocycles. The molecule has 23 heavy (non-hydrogen) atoms. The molecule has 0 aliphatic rings. The minimum Gasteiger partial charge on any atom is -0.339 e. The second-order valence-electron chi connectivity index (χ2n) is 5.21. The molecule has 1 N–H and O–H groups in total. The second kappa shape index (κ2) is 6.87. The quantitative estimate of drug-likeness (QED) is 0.773. The monoisotopic (exact) mass is 305 g/mol. The molecule has 1 aromatic heterocycles. The summed E-state index contributed by atoms with van der Waals surface area (Å²) in [5, 5.41) is 11.4. The molecule has 0 radical (unpaired) electrons. The van der Waals surface area contributed by atoms with Gasteiger partial charge in [-0.05, 0) is 36.2 Å². The van der Waals surface area contributed by atoms with Gasteiger partial charge in [0, 0.05) is 18.4 Å². The molecule has 0 fully saturated rings. The average molecular weight is 305 g/mol. The van der Waals surface area contributed by atoms with Crippen LogP contribution in [0.1, 0.15) is 12.5 Å². The lowest BCUT2D eigenvalue weighted by molar-refractivity contribution is 0.932. The van der Waals surface area contributed by atoms with Crippen LogP contribution in [0, 0.1) is 0 Å². The Bertz CT molecular complexity index is 756. The van der Waals surface area contributed by atoms with Crippen molar-refractivity contribution in [3.63, 3.8) is 0 Å². The Morgan fingerprint density at radius 1 is 1.00 bits per heavy atom. The van der Waals surface area contributed by atoms with Crippen molar-refractivity contribution in [3.05, 3.63) is 66.4 Å². The van der Waals surface area contributed by atoms with Crippen molar-refractivity contribution in [1.29, 1.82) is 0 Å². The van der Waals surface area contributed by atoms with Crippen LogP contribution in [0.15, 0.2) is 60.8 Å². The van der Waals surface area contributed by atoms with E-state index in [0.717, 1.165) is 17.8 Å². The van der Waals surface area contributed by atoms with Crippen LogP contribution >= 0.6 is 0 Å². The van der Waals surface area contributed by atoms with Crippen LogP contribution in [0.4, 0.5) is 23.1 Å². The number of aryl methyl sites for hydroxylation is 1. The minimum absolute atomic E-state index is 0.548. The molecular formula is C18H19N5. The van der Waals surface area contributed by atoms with E-state index in [2.05, 4.69) is 39.6 Å². The molecule has 0 unspecified atom stereocenters. The van der Waals surface area contributed by atoms with Crippen molar-refractivity contribution in [1.82, 2.24) is 15.2 Å². The van der Waals surface area contributed by atoms with Gasteiger partial charge >= 0.3 is 0 Å². The largest absolute Gasteiger partial charge is 0.339 e. The first-order valence-corrected chi connectivity index (χ1v) is 7.60. The molecule has 5 nitrogen and oxygen atoms in total. The smallest absolute Gasteiger partial charge is 0.251 e. The predicted octanol–water partition coefficient (Wildman–Crippen LogP) is 3.95. The maximum absolute atomic E-state index is 4.53. The highest BCUT2D eigenvalue weighted by Gasteiger charge is 2.08. The van der Waals surface area contributed by atoms with E-state index in [1.54, 1.807) is 6.20 Å². The Morgan fingerprint density at radius 2 is 1.74 bits per heavy atom. The highest BCUT2D eigenvalue weighted by atomic mass is 15.3. The van der Waals surface area contributed by atoms with Crippen molar-refractivity contribution < 1.29 is 0 Å². The zero-order chi connectivity index (χ0) is 16.1. The molecule has 0 saturated heterocycles. The number of nitrogens with one attached hydrogen (secondary N) is 1. The molecule has 0 bridgehead atoms. The van der Waals surface area contributed by atoms with E-state index >= 15 is 0 Å². The number of anilines is 4. The molecule has 2 aromatic carbocycles. The summed E-state index contributed by atoms with van der Waals surface area (Å²) in [6.07, 6.45) is 2.65. The number of nitrogens with zero attached hydrogens (tertiary/aromatic N) is 4. The summed E-state index contributed by atoms with van der Waals surface area (Å²) in [6.45, 7) is 2.14. The van der Waals surface area contributed by atoms with Gasteiger partial charge in [-0.2, -0.15) is 10.1 Å². The summed E-state index contributed by atoms with van der Waals surface area (Å²) in [5.74, 6) is 1.22. The molecule has 1 heterocycles. The van der Waals surface area contributed by atoms with Crippen LogP contribution < -0.4 is 10.2 Å². The average Bonchev–Trinajstić information content (AvgIpc) is 2.63. The van der Waals surface area contributed by atoms with Crippen molar-refractivity contribution >= 4 is 23.1 Å². The van der Waals surface area contributed by atoms with Gasteiger partial charge in [-0.25, -0.2) is 0 Å². The number of hydrogen-bond donors (Lipinski definition) is 1. The molecule has 116 valence electrons. The Labute approximate surface area is 136 Å². The third-order valence-corrected chi connectivity index (χ3v) is 3.63. The highest BCUT2D eigenvalue weighted by Crippen LogP contribution is 2.21. The van der Waals surface area contributed by atoms with Gasteiger partial charge in [0.2, 0.25) is 0 Å². The molecule has 0 spiro atoms. The van der Waals surface area contributed by atoms with E-state index in [9.17, 15) is 0 Å². The number of hydrogen-bond acceptors (Lipinski definition) is 5. The van der Waals surface area contributed by atoms with Gasteiger partial charge in [-0.3, -0.25) is 0 Å². The fourth-order valence-electron chi connectivity index (χ4n) is 2.24. The van der Waals surface area contributed by atoms with Crippen LogP contribution in [-0.4, -0.2) is 22.2 Å². The molecule has 0 atom stereocenters. The number of aromatic nitrogens is 3. The zero-order valence-corrected chi connectivity index (χ0v) is 13.3. The van der Waals surface area contributed by atoms with E-state index in [4.69, 9.17) is 0 Å². The molecule has 0 amide bonds. The molecule has 0 saturated carbocycles. The number of benzene rings is 2. The maximum Gasteiger partial charge on any atom is 0.251 e. The van der Waals surface area contributed by atoms with Crippen LogP contribution in [0.25, 0.3) is 0 Å². The summed E-state index contributed by atoms with van der Waals surface area (Å²) < 4.78 is 0. The van der Waals surface area contributed by atoms with Gasteiger partial charge in [-0.15, -0.1) is 5.10 Å². The summed E-state index contributed by atoms with van der Waals surface area (Å²) in [6, 6.07) is 18.3. The lowest BCUT2D eigenvalue weighted by atomic mass is 10.1. The normalized spacial score (nSPS) is 10.3. The van der Waals surface area contributed by atoms with Crippen molar-refractivity contribution in [2.24, 2.45) is 0 Å². The minimum atomic E-state index is 0.548. The van der Waals surface area contributed by atoms with Gasteiger partial charge in [0.15, 0.2) is 5.82 Å². The summed E-state index contributed by atoms with van der Waals surface area (Å²) in [7, 11) is 1.92. The Balaban J connectivity index is 1.79. The standard InChI is InChI=1S/C18H19N5/c1-3-14-9-11-15(12-10-14)20-17-13-19-22-18(21-17)23(2)16-7-5-4-6-8-16/h4-13H,3H2,1-2H3,(H,20,21,22). The van der Waals surface area contributed by atoms with Crippen molar-refractivity contribution in [3.8, 4) is 0 Å². The second-order valence-corrected chi connectivity index (χ2v) is 5.21. The van der Waals surface area contributed by atoms with Gasteiger partial charge < -0.3 is 10.2 Å². The first kappa shape index (κ1) is 15.0. The van der Waals surface area contributed by atoms with E-state index in [0.29, 0.717) is 11.8 Å². The van der Waals surface area contributed by atoms with Gasteiger partial charge in [-0.1, -0.05) is 37.3 Å².